The smallest absolute Gasteiger partial charge is 0.496 e. The first-order valence-corrected chi connectivity index (χ1v) is 8.08. The Balaban J connectivity index is 2.94. The molecule has 5 heteroatoms. The van der Waals surface area contributed by atoms with E-state index >= 15 is 0 Å². The Morgan fingerprint density at radius 1 is 1.05 bits per heavy atom. The molecule has 0 aliphatic heterocycles. The molecule has 0 aromatic heterocycles. The van der Waals surface area contributed by atoms with Crippen molar-refractivity contribution in [2.24, 2.45) is 0 Å². The van der Waals surface area contributed by atoms with Crippen molar-refractivity contribution in [3.63, 3.8) is 0 Å². The van der Waals surface area contributed by atoms with Crippen molar-refractivity contribution in [1.82, 2.24) is 0 Å². The molecule has 0 N–H and O–H groups in total. The second-order valence-corrected chi connectivity index (χ2v) is 6.64. The number of methoxy groups -OCH3 is 1. The van der Waals surface area contributed by atoms with Gasteiger partial charge in [0.05, 0.1) is 31.5 Å². The Morgan fingerprint density at radius 2 is 1.62 bits per heavy atom. The monoisotopic (exact) mass is 300 g/mol. The molecule has 0 radical (unpaired) electrons. The third kappa shape index (κ3) is 4.42. The summed E-state index contributed by atoms with van der Waals surface area (Å²) in [5.41, 5.74) is 2.06. The van der Waals surface area contributed by atoms with Gasteiger partial charge in [-0.3, -0.25) is 0 Å². The van der Waals surface area contributed by atoms with E-state index in [1.54, 1.807) is 7.11 Å². The van der Waals surface area contributed by atoms with Crippen molar-refractivity contribution in [2.75, 3.05) is 7.11 Å². The maximum absolute atomic E-state index is 5.34. The van der Waals surface area contributed by atoms with Crippen molar-refractivity contribution < 1.29 is 18.0 Å². The van der Waals surface area contributed by atoms with Gasteiger partial charge in [-0.05, 0) is 30.5 Å². The van der Waals surface area contributed by atoms with E-state index in [2.05, 4.69) is 0 Å². The van der Waals surface area contributed by atoms with E-state index in [-0.39, 0.29) is 0 Å². The van der Waals surface area contributed by atoms with Crippen molar-refractivity contribution in [3.05, 3.63) is 29.3 Å². The molecule has 0 aliphatic rings. The van der Waals surface area contributed by atoms with Gasteiger partial charge in [0, 0.05) is 0 Å². The van der Waals surface area contributed by atoms with E-state index in [1.807, 2.05) is 43.4 Å². The van der Waals surface area contributed by atoms with Crippen LogP contribution in [0.5, 0.6) is 5.75 Å². The zero-order valence-corrected chi connectivity index (χ0v) is 13.0. The molecule has 0 atom stereocenters. The molecule has 0 amide bonds. The van der Waals surface area contributed by atoms with Crippen molar-refractivity contribution in [2.45, 2.75) is 19.4 Å². The highest BCUT2D eigenvalue weighted by atomic mass is 28.4. The van der Waals surface area contributed by atoms with Gasteiger partial charge in [0.15, 0.2) is 0 Å². The molecule has 1 aromatic rings. The van der Waals surface area contributed by atoms with Crippen molar-refractivity contribution in [1.29, 1.82) is 0 Å². The number of hydrogen-bond acceptors (Lipinski definition) is 4. The molecule has 0 aliphatic carbocycles. The summed E-state index contributed by atoms with van der Waals surface area (Å²) in [5.74, 6) is 0.764. The molecule has 1 aromatic carbocycles. The summed E-state index contributed by atoms with van der Waals surface area (Å²) in [6.07, 6.45) is 22.1. The average Bonchev–Trinajstić information content (AvgIpc) is 2.46. The lowest BCUT2D eigenvalue weighted by Gasteiger charge is -2.21. The van der Waals surface area contributed by atoms with Gasteiger partial charge in [-0.2, -0.15) is 0 Å². The number of ether oxygens (including phenoxy) is 1. The third-order valence-electron chi connectivity index (χ3n) is 2.79. The van der Waals surface area contributed by atoms with Crippen LogP contribution in [-0.4, -0.2) is 15.9 Å². The Bertz CT molecular complexity index is 563. The summed E-state index contributed by atoms with van der Waals surface area (Å²) >= 11 is 0. The first kappa shape index (κ1) is 16.4. The van der Waals surface area contributed by atoms with Gasteiger partial charge in [-0.15, -0.1) is 0 Å². The summed E-state index contributed by atoms with van der Waals surface area (Å²) in [4.78, 5) is 0. The highest BCUT2D eigenvalue weighted by molar-refractivity contribution is 6.61. The van der Waals surface area contributed by atoms with Crippen LogP contribution in [0.25, 0.3) is 0 Å². The summed E-state index contributed by atoms with van der Waals surface area (Å²) in [7, 11) is -1.68. The average molecular weight is 300 g/mol. The fraction of sp³-hybridized carbons (Fsp3) is 0.250. The molecule has 21 heavy (non-hydrogen) atoms. The van der Waals surface area contributed by atoms with Crippen molar-refractivity contribution >= 4 is 8.80 Å². The highest BCUT2D eigenvalue weighted by Crippen LogP contribution is 2.25. The first-order chi connectivity index (χ1) is 10.1. The van der Waals surface area contributed by atoms with Crippen LogP contribution in [0.3, 0.4) is 0 Å². The second-order valence-electron chi connectivity index (χ2n) is 4.16. The molecule has 0 saturated carbocycles. The van der Waals surface area contributed by atoms with Crippen LogP contribution in [0.15, 0.2) is 18.2 Å². The Hall–Kier alpha value is -2.68. The standard InChI is InChI=1S/C16H16O4Si/c1-6-18-21(19-7-2,20-8-3)12-11-15-10-9-14(4)13-16(15)17-5/h1-3,9-10,13H,11-12H2,4-5H3. The van der Waals surface area contributed by atoms with Crippen LogP contribution < -0.4 is 4.74 Å². The minimum Gasteiger partial charge on any atom is -0.496 e. The number of terminal acetylenes is 3. The summed E-state index contributed by atoms with van der Waals surface area (Å²) in [6, 6.07) is 6.21. The van der Waals surface area contributed by atoms with Crippen LogP contribution in [0.2, 0.25) is 6.04 Å². The van der Waals surface area contributed by atoms with Gasteiger partial charge < -0.3 is 18.0 Å². The van der Waals surface area contributed by atoms with E-state index in [4.69, 9.17) is 37.3 Å². The maximum Gasteiger partial charge on any atom is 0.725 e. The fourth-order valence-corrected chi connectivity index (χ4v) is 3.38. The van der Waals surface area contributed by atoms with E-state index in [0.29, 0.717) is 12.5 Å². The van der Waals surface area contributed by atoms with Crippen LogP contribution in [0.1, 0.15) is 11.1 Å². The summed E-state index contributed by atoms with van der Waals surface area (Å²) in [5, 5.41) is 0. The zero-order chi connectivity index (χ0) is 15.7. The molecule has 0 bridgehead atoms. The quantitative estimate of drug-likeness (QED) is 0.572. The molecule has 4 nitrogen and oxygen atoms in total. The van der Waals surface area contributed by atoms with Gasteiger partial charge in [0.1, 0.15) is 5.75 Å². The molecule has 0 fully saturated rings. The topological polar surface area (TPSA) is 36.9 Å². The predicted octanol–water partition coefficient (Wildman–Crippen LogP) is 2.31. The van der Waals surface area contributed by atoms with Crippen LogP contribution >= 0.6 is 0 Å². The van der Waals surface area contributed by atoms with Gasteiger partial charge in [-0.1, -0.05) is 31.4 Å². The normalized spacial score (nSPS) is 9.67. The summed E-state index contributed by atoms with van der Waals surface area (Å²) < 4.78 is 20.7. The molecule has 108 valence electrons. The number of rotatable bonds is 7. The van der Waals surface area contributed by atoms with Crippen molar-refractivity contribution in [3.8, 4) is 43.3 Å². The van der Waals surface area contributed by atoms with Crippen LogP contribution in [-0.2, 0) is 19.7 Å². The molecular formula is C16H16O4Si. The van der Waals surface area contributed by atoms with Gasteiger partial charge in [0.2, 0.25) is 0 Å². The maximum atomic E-state index is 5.34. The van der Waals surface area contributed by atoms with Gasteiger partial charge in [-0.25, -0.2) is 0 Å². The minimum atomic E-state index is -3.29. The largest absolute Gasteiger partial charge is 0.725 e. The second kappa shape index (κ2) is 7.80. The highest BCUT2D eigenvalue weighted by Gasteiger charge is 2.48. The predicted molar refractivity (Wildman–Crippen MR) is 81.8 cm³/mol. The number of benzene rings is 1. The Labute approximate surface area is 126 Å². The lowest BCUT2D eigenvalue weighted by Crippen LogP contribution is -2.42. The number of hydrogen-bond donors (Lipinski definition) is 0. The minimum absolute atomic E-state index is 0.338. The molecule has 1 rings (SSSR count). The van der Waals surface area contributed by atoms with Gasteiger partial charge >= 0.3 is 8.80 Å². The molecular weight excluding hydrogens is 284 g/mol. The molecule has 0 saturated heterocycles. The molecule has 0 unspecified atom stereocenters. The molecule has 0 heterocycles. The lowest BCUT2D eigenvalue weighted by molar-refractivity contribution is 0.212. The lowest BCUT2D eigenvalue weighted by atomic mass is 10.1. The van der Waals surface area contributed by atoms with E-state index in [0.717, 1.165) is 16.9 Å². The van der Waals surface area contributed by atoms with E-state index in [1.165, 1.54) is 0 Å². The third-order valence-corrected chi connectivity index (χ3v) is 4.94. The first-order valence-electron chi connectivity index (χ1n) is 6.15. The van der Waals surface area contributed by atoms with Crippen LogP contribution in [0, 0.1) is 44.5 Å². The fourth-order valence-electron chi connectivity index (χ4n) is 1.83. The zero-order valence-electron chi connectivity index (χ0n) is 12.0. The Kier molecular flexibility index (Phi) is 6.08. The Morgan fingerprint density at radius 3 is 2.10 bits per heavy atom. The van der Waals surface area contributed by atoms with Gasteiger partial charge in [0.25, 0.3) is 0 Å². The number of aryl methyl sites for hydroxylation is 2. The van der Waals surface area contributed by atoms with E-state index in [9.17, 15) is 0 Å². The summed E-state index contributed by atoms with van der Waals surface area (Å²) in [6.45, 7) is 1.98. The SMILES string of the molecule is C#CO[Si](CCc1ccc(C)cc1OC)(OC#C)OC#C. The van der Waals surface area contributed by atoms with E-state index < -0.39 is 8.80 Å². The van der Waals surface area contributed by atoms with Crippen LogP contribution in [0.4, 0.5) is 0 Å². The molecule has 0 spiro atoms.